The lowest BCUT2D eigenvalue weighted by molar-refractivity contribution is 0.162. The molecule has 0 aliphatic carbocycles. The Kier molecular flexibility index (Phi) is 6.16. The Balaban J connectivity index is 2.94. The third-order valence-corrected chi connectivity index (χ3v) is 3.19. The predicted octanol–water partition coefficient (Wildman–Crippen LogP) is 2.91. The maximum absolute atomic E-state index is 5.29. The van der Waals surface area contributed by atoms with Gasteiger partial charge in [-0.2, -0.15) is 5.10 Å². The second kappa shape index (κ2) is 7.13. The summed E-state index contributed by atoms with van der Waals surface area (Å²) in [5, 5.41) is 7.89. The monoisotopic (exact) mass is 303 g/mol. The van der Waals surface area contributed by atoms with Crippen molar-refractivity contribution in [1.29, 1.82) is 0 Å². The summed E-state index contributed by atoms with van der Waals surface area (Å²) in [6.07, 6.45) is 2.96. The minimum atomic E-state index is 0.180. The summed E-state index contributed by atoms with van der Waals surface area (Å²) < 4.78 is 8.37. The van der Waals surface area contributed by atoms with Gasteiger partial charge in [0.15, 0.2) is 0 Å². The van der Waals surface area contributed by atoms with Crippen molar-refractivity contribution in [1.82, 2.24) is 15.1 Å². The molecule has 0 saturated heterocycles. The topological polar surface area (TPSA) is 39.1 Å². The molecule has 0 aliphatic rings. The van der Waals surface area contributed by atoms with E-state index in [9.17, 15) is 0 Å². The minimum Gasteiger partial charge on any atom is -0.383 e. The molecule has 1 heterocycles. The van der Waals surface area contributed by atoms with E-state index in [1.165, 1.54) is 0 Å². The highest BCUT2D eigenvalue weighted by molar-refractivity contribution is 9.10. The lowest BCUT2D eigenvalue weighted by Crippen LogP contribution is -2.29. The summed E-state index contributed by atoms with van der Waals surface area (Å²) in [6, 6.07) is 0.526. The van der Waals surface area contributed by atoms with Crippen molar-refractivity contribution in [2.24, 2.45) is 0 Å². The second-order valence-corrected chi connectivity index (χ2v) is 5.23. The molecule has 0 amide bonds. The molecule has 0 radical (unpaired) electrons. The molecule has 4 nitrogen and oxygen atoms in total. The van der Waals surface area contributed by atoms with Gasteiger partial charge < -0.3 is 10.1 Å². The van der Waals surface area contributed by atoms with Crippen LogP contribution in [-0.4, -0.2) is 30.0 Å². The highest BCUT2D eigenvalue weighted by Crippen LogP contribution is 2.26. The maximum Gasteiger partial charge on any atom is 0.0741 e. The fraction of sp³-hybridized carbons (Fsp3) is 0.750. The molecule has 17 heavy (non-hydrogen) atoms. The Labute approximate surface area is 112 Å². The van der Waals surface area contributed by atoms with Crippen molar-refractivity contribution >= 4 is 15.9 Å². The number of nitrogens with one attached hydrogen (secondary N) is 1. The first-order valence-electron chi connectivity index (χ1n) is 6.07. The van der Waals surface area contributed by atoms with Gasteiger partial charge in [-0.05, 0) is 42.7 Å². The van der Waals surface area contributed by atoms with Crippen LogP contribution >= 0.6 is 15.9 Å². The van der Waals surface area contributed by atoms with Crippen LogP contribution in [-0.2, 0) is 4.74 Å². The zero-order chi connectivity index (χ0) is 12.8. The molecule has 98 valence electrons. The quantitative estimate of drug-likeness (QED) is 0.842. The molecule has 1 unspecified atom stereocenters. The Morgan fingerprint density at radius 1 is 1.53 bits per heavy atom. The van der Waals surface area contributed by atoms with Gasteiger partial charge >= 0.3 is 0 Å². The van der Waals surface area contributed by atoms with Gasteiger partial charge in [-0.15, -0.1) is 0 Å². The summed E-state index contributed by atoms with van der Waals surface area (Å²) in [5.74, 6) is 0. The van der Waals surface area contributed by atoms with Gasteiger partial charge in [0.1, 0.15) is 0 Å². The van der Waals surface area contributed by atoms with Crippen LogP contribution in [0.25, 0.3) is 0 Å². The molecular weight excluding hydrogens is 282 g/mol. The van der Waals surface area contributed by atoms with Crippen LogP contribution in [0.2, 0.25) is 0 Å². The minimum absolute atomic E-state index is 0.180. The van der Waals surface area contributed by atoms with Crippen LogP contribution in [0.3, 0.4) is 0 Å². The normalized spacial score (nSPS) is 13.3. The highest BCUT2D eigenvalue weighted by Gasteiger charge is 2.20. The molecular formula is C12H22BrN3O. The van der Waals surface area contributed by atoms with Crippen LogP contribution in [0.15, 0.2) is 10.7 Å². The summed E-state index contributed by atoms with van der Waals surface area (Å²) in [6.45, 7) is 8.05. The summed E-state index contributed by atoms with van der Waals surface area (Å²) in [4.78, 5) is 0. The van der Waals surface area contributed by atoms with Crippen LogP contribution in [0, 0.1) is 0 Å². The molecule has 0 aromatic carbocycles. The maximum atomic E-state index is 5.29. The van der Waals surface area contributed by atoms with E-state index in [4.69, 9.17) is 4.74 Å². The number of nitrogens with zero attached hydrogens (tertiary/aromatic N) is 2. The van der Waals surface area contributed by atoms with Crippen molar-refractivity contribution in [2.75, 3.05) is 20.3 Å². The number of aromatic nitrogens is 2. The van der Waals surface area contributed by atoms with Crippen molar-refractivity contribution in [2.45, 2.75) is 39.3 Å². The molecule has 1 aromatic rings. The van der Waals surface area contributed by atoms with E-state index in [0.29, 0.717) is 12.6 Å². The fourth-order valence-corrected chi connectivity index (χ4v) is 2.36. The summed E-state index contributed by atoms with van der Waals surface area (Å²) in [7, 11) is 1.73. The van der Waals surface area contributed by atoms with E-state index in [2.05, 4.69) is 47.1 Å². The Morgan fingerprint density at radius 2 is 2.24 bits per heavy atom. The first-order valence-corrected chi connectivity index (χ1v) is 6.86. The number of rotatable bonds is 7. The molecule has 1 aromatic heterocycles. The van der Waals surface area contributed by atoms with Crippen molar-refractivity contribution in [3.8, 4) is 0 Å². The van der Waals surface area contributed by atoms with E-state index in [1.807, 2.05) is 10.9 Å². The predicted molar refractivity (Wildman–Crippen MR) is 73.2 cm³/mol. The van der Waals surface area contributed by atoms with Gasteiger partial charge in [0.2, 0.25) is 0 Å². The number of halogens is 1. The highest BCUT2D eigenvalue weighted by atomic mass is 79.9. The number of ether oxygens (including phenoxy) is 1. The average molecular weight is 304 g/mol. The number of hydrogen-bond donors (Lipinski definition) is 1. The molecule has 1 atom stereocenters. The molecule has 0 saturated carbocycles. The van der Waals surface area contributed by atoms with Crippen molar-refractivity contribution in [3.05, 3.63) is 16.4 Å². The number of methoxy groups -OCH3 is 1. The Hall–Kier alpha value is -0.390. The van der Waals surface area contributed by atoms with Crippen LogP contribution < -0.4 is 5.32 Å². The van der Waals surface area contributed by atoms with Crippen LogP contribution in [0.4, 0.5) is 0 Å². The molecule has 1 N–H and O–H groups in total. The average Bonchev–Trinajstić information content (AvgIpc) is 2.66. The van der Waals surface area contributed by atoms with Gasteiger partial charge in [-0.1, -0.05) is 6.92 Å². The smallest absolute Gasteiger partial charge is 0.0741 e. The van der Waals surface area contributed by atoms with Crippen molar-refractivity contribution < 1.29 is 4.74 Å². The van der Waals surface area contributed by atoms with E-state index in [0.717, 1.165) is 23.1 Å². The lowest BCUT2D eigenvalue weighted by atomic mass is 10.2. The lowest BCUT2D eigenvalue weighted by Gasteiger charge is -2.21. The SMILES string of the molecule is CCCNC(COC)c1c(Br)cnn1C(C)C. The molecule has 0 spiro atoms. The van der Waals surface area contributed by atoms with Gasteiger partial charge in [-0.3, -0.25) is 4.68 Å². The summed E-state index contributed by atoms with van der Waals surface area (Å²) >= 11 is 3.57. The first-order chi connectivity index (χ1) is 8.11. The van der Waals surface area contributed by atoms with Gasteiger partial charge in [0, 0.05) is 13.2 Å². The van der Waals surface area contributed by atoms with E-state index in [1.54, 1.807) is 7.11 Å². The van der Waals surface area contributed by atoms with Crippen LogP contribution in [0.1, 0.15) is 45.0 Å². The Bertz CT molecular complexity index is 338. The molecule has 1 rings (SSSR count). The number of hydrogen-bond acceptors (Lipinski definition) is 3. The zero-order valence-electron chi connectivity index (χ0n) is 11.0. The summed E-state index contributed by atoms with van der Waals surface area (Å²) in [5.41, 5.74) is 1.16. The van der Waals surface area contributed by atoms with E-state index >= 15 is 0 Å². The first kappa shape index (κ1) is 14.7. The van der Waals surface area contributed by atoms with Gasteiger partial charge in [0.25, 0.3) is 0 Å². The van der Waals surface area contributed by atoms with Gasteiger partial charge in [0.05, 0.1) is 29.0 Å². The molecule has 0 bridgehead atoms. The fourth-order valence-electron chi connectivity index (χ4n) is 1.81. The second-order valence-electron chi connectivity index (χ2n) is 4.38. The Morgan fingerprint density at radius 3 is 2.76 bits per heavy atom. The van der Waals surface area contributed by atoms with E-state index < -0.39 is 0 Å². The standard InChI is InChI=1S/C12H22BrN3O/c1-5-6-14-11(8-17-4)12-10(13)7-15-16(12)9(2)3/h7,9,11,14H,5-6,8H2,1-4H3. The third-order valence-electron chi connectivity index (χ3n) is 2.58. The molecule has 5 heteroatoms. The van der Waals surface area contributed by atoms with Crippen LogP contribution in [0.5, 0.6) is 0 Å². The third kappa shape index (κ3) is 3.79. The van der Waals surface area contributed by atoms with E-state index in [-0.39, 0.29) is 6.04 Å². The van der Waals surface area contributed by atoms with Gasteiger partial charge in [-0.25, -0.2) is 0 Å². The molecule has 0 aliphatic heterocycles. The largest absolute Gasteiger partial charge is 0.383 e. The zero-order valence-corrected chi connectivity index (χ0v) is 12.6. The molecule has 0 fully saturated rings. The van der Waals surface area contributed by atoms with Crippen molar-refractivity contribution in [3.63, 3.8) is 0 Å².